The molecular weight excluding hydrogens is 354 g/mol. The highest BCUT2D eigenvalue weighted by Crippen LogP contribution is 2.36. The summed E-state index contributed by atoms with van der Waals surface area (Å²) in [6, 6.07) is 9.34. The molecular formula is C19H21NO5S. The van der Waals surface area contributed by atoms with Crippen molar-refractivity contribution in [1.29, 1.82) is 0 Å². The fourth-order valence-corrected chi connectivity index (χ4v) is 3.69. The first-order chi connectivity index (χ1) is 12.6. The lowest BCUT2D eigenvalue weighted by molar-refractivity contribution is -0.141. The Morgan fingerprint density at radius 3 is 2.69 bits per heavy atom. The second kappa shape index (κ2) is 8.23. The van der Waals surface area contributed by atoms with Gasteiger partial charge in [-0.2, -0.15) is 0 Å². The van der Waals surface area contributed by atoms with Gasteiger partial charge in [0, 0.05) is 11.4 Å². The number of thiophene rings is 1. The SMILES string of the molecule is CCCC(CNC(=O)c1ccc(-c2ccc3c(c2)OCCO3)s1)C(=O)O. The van der Waals surface area contributed by atoms with Gasteiger partial charge in [-0.05, 0) is 42.3 Å². The molecule has 2 aromatic rings. The minimum absolute atomic E-state index is 0.138. The van der Waals surface area contributed by atoms with Crippen LogP contribution in [0.3, 0.4) is 0 Å². The molecule has 3 rings (SSSR count). The van der Waals surface area contributed by atoms with Gasteiger partial charge in [0.1, 0.15) is 13.2 Å². The van der Waals surface area contributed by atoms with Crippen molar-refractivity contribution in [3.63, 3.8) is 0 Å². The van der Waals surface area contributed by atoms with Crippen molar-refractivity contribution >= 4 is 23.2 Å². The zero-order valence-corrected chi connectivity index (χ0v) is 15.3. The lowest BCUT2D eigenvalue weighted by atomic mass is 10.0. The van der Waals surface area contributed by atoms with E-state index in [1.165, 1.54) is 11.3 Å². The van der Waals surface area contributed by atoms with Crippen LogP contribution in [0.15, 0.2) is 30.3 Å². The van der Waals surface area contributed by atoms with Crippen LogP contribution < -0.4 is 14.8 Å². The van der Waals surface area contributed by atoms with Crippen molar-refractivity contribution in [1.82, 2.24) is 5.32 Å². The summed E-state index contributed by atoms with van der Waals surface area (Å²) in [6.45, 7) is 3.14. The maximum atomic E-state index is 12.3. The van der Waals surface area contributed by atoms with E-state index in [0.717, 1.165) is 22.6 Å². The number of carboxylic acid groups (broad SMARTS) is 1. The molecule has 1 unspecified atom stereocenters. The fraction of sp³-hybridized carbons (Fsp3) is 0.368. The van der Waals surface area contributed by atoms with Crippen molar-refractivity contribution in [2.24, 2.45) is 5.92 Å². The van der Waals surface area contributed by atoms with E-state index in [1.807, 2.05) is 31.2 Å². The summed E-state index contributed by atoms with van der Waals surface area (Å²) in [5.41, 5.74) is 0.952. The third-order valence-electron chi connectivity index (χ3n) is 4.15. The van der Waals surface area contributed by atoms with Gasteiger partial charge in [-0.15, -0.1) is 11.3 Å². The van der Waals surface area contributed by atoms with Gasteiger partial charge in [-0.3, -0.25) is 9.59 Å². The molecule has 0 saturated carbocycles. The molecule has 7 heteroatoms. The van der Waals surface area contributed by atoms with Crippen molar-refractivity contribution in [2.75, 3.05) is 19.8 Å². The number of ether oxygens (including phenoxy) is 2. The first-order valence-electron chi connectivity index (χ1n) is 8.59. The summed E-state index contributed by atoms with van der Waals surface area (Å²) in [5.74, 6) is -0.250. The highest BCUT2D eigenvalue weighted by atomic mass is 32.1. The van der Waals surface area contributed by atoms with Crippen LogP contribution in [0.2, 0.25) is 0 Å². The van der Waals surface area contributed by atoms with Crippen LogP contribution in [-0.2, 0) is 4.79 Å². The normalized spacial score (nSPS) is 13.9. The second-order valence-corrected chi connectivity index (χ2v) is 7.14. The summed E-state index contributed by atoms with van der Waals surface area (Å²) >= 11 is 1.36. The van der Waals surface area contributed by atoms with Crippen LogP contribution in [0, 0.1) is 5.92 Å². The van der Waals surface area contributed by atoms with Crippen LogP contribution >= 0.6 is 11.3 Å². The number of carboxylic acids is 1. The Bertz CT molecular complexity index is 801. The Hall–Kier alpha value is -2.54. The summed E-state index contributed by atoms with van der Waals surface area (Å²) < 4.78 is 11.1. The van der Waals surface area contributed by atoms with Gasteiger partial charge in [0.25, 0.3) is 5.91 Å². The lowest BCUT2D eigenvalue weighted by Gasteiger charge is -2.18. The molecule has 0 aliphatic carbocycles. The van der Waals surface area contributed by atoms with Crippen LogP contribution in [0.5, 0.6) is 11.5 Å². The van der Waals surface area contributed by atoms with E-state index in [4.69, 9.17) is 14.6 Å². The van der Waals surface area contributed by atoms with Gasteiger partial charge in [0.05, 0.1) is 10.8 Å². The summed E-state index contributed by atoms with van der Waals surface area (Å²) in [5, 5.41) is 11.9. The zero-order chi connectivity index (χ0) is 18.5. The van der Waals surface area contributed by atoms with Crippen LogP contribution in [0.4, 0.5) is 0 Å². The molecule has 0 radical (unpaired) electrons. The van der Waals surface area contributed by atoms with Gasteiger partial charge in [0.2, 0.25) is 0 Å². The van der Waals surface area contributed by atoms with E-state index in [2.05, 4.69) is 5.32 Å². The van der Waals surface area contributed by atoms with E-state index in [9.17, 15) is 9.59 Å². The molecule has 1 atom stereocenters. The van der Waals surface area contributed by atoms with Crippen molar-refractivity contribution < 1.29 is 24.2 Å². The first-order valence-corrected chi connectivity index (χ1v) is 9.41. The zero-order valence-electron chi connectivity index (χ0n) is 14.5. The summed E-state index contributed by atoms with van der Waals surface area (Å²) in [6.07, 6.45) is 1.31. The average molecular weight is 375 g/mol. The quantitative estimate of drug-likeness (QED) is 0.775. The predicted molar refractivity (Wildman–Crippen MR) is 99.1 cm³/mol. The molecule has 1 aromatic heterocycles. The lowest BCUT2D eigenvalue weighted by Crippen LogP contribution is -2.32. The second-order valence-electron chi connectivity index (χ2n) is 6.06. The highest BCUT2D eigenvalue weighted by Gasteiger charge is 2.19. The molecule has 0 saturated heterocycles. The number of fused-ring (bicyclic) bond motifs is 1. The molecule has 1 aromatic carbocycles. The van der Waals surface area contributed by atoms with E-state index in [-0.39, 0.29) is 12.5 Å². The molecule has 26 heavy (non-hydrogen) atoms. The van der Waals surface area contributed by atoms with Crippen molar-refractivity contribution in [3.8, 4) is 21.9 Å². The van der Waals surface area contributed by atoms with Gasteiger partial charge in [0.15, 0.2) is 11.5 Å². The van der Waals surface area contributed by atoms with Gasteiger partial charge < -0.3 is 19.9 Å². The molecule has 0 bridgehead atoms. The van der Waals surface area contributed by atoms with Crippen molar-refractivity contribution in [2.45, 2.75) is 19.8 Å². The monoisotopic (exact) mass is 375 g/mol. The molecule has 2 N–H and O–H groups in total. The topological polar surface area (TPSA) is 84.9 Å². The molecule has 1 aliphatic heterocycles. The van der Waals surface area contributed by atoms with E-state index < -0.39 is 11.9 Å². The third-order valence-corrected chi connectivity index (χ3v) is 5.28. The van der Waals surface area contributed by atoms with Gasteiger partial charge in [-0.25, -0.2) is 0 Å². The van der Waals surface area contributed by atoms with E-state index >= 15 is 0 Å². The third kappa shape index (κ3) is 4.16. The number of rotatable bonds is 7. The molecule has 2 heterocycles. The molecule has 1 aliphatic rings. The van der Waals surface area contributed by atoms with Gasteiger partial charge >= 0.3 is 5.97 Å². The predicted octanol–water partition coefficient (Wildman–Crippen LogP) is 3.42. The maximum Gasteiger partial charge on any atom is 0.308 e. The summed E-state index contributed by atoms with van der Waals surface area (Å²) in [7, 11) is 0. The fourth-order valence-electron chi connectivity index (χ4n) is 2.78. The van der Waals surface area contributed by atoms with Crippen molar-refractivity contribution in [3.05, 3.63) is 35.2 Å². The van der Waals surface area contributed by atoms with Gasteiger partial charge in [-0.1, -0.05) is 13.3 Å². The number of carbonyl (C=O) groups excluding carboxylic acids is 1. The van der Waals surface area contributed by atoms with E-state index in [0.29, 0.717) is 30.3 Å². The van der Waals surface area contributed by atoms with Crippen LogP contribution in [-0.4, -0.2) is 36.7 Å². The molecule has 6 nitrogen and oxygen atoms in total. The number of carbonyl (C=O) groups is 2. The van der Waals surface area contributed by atoms with E-state index in [1.54, 1.807) is 6.07 Å². The Kier molecular flexibility index (Phi) is 5.78. The maximum absolute atomic E-state index is 12.3. The highest BCUT2D eigenvalue weighted by molar-refractivity contribution is 7.17. The Morgan fingerprint density at radius 1 is 1.19 bits per heavy atom. The number of hydrogen-bond acceptors (Lipinski definition) is 5. The standard InChI is InChI=1S/C19H21NO5S/c1-2-3-13(19(22)23)11-20-18(21)17-7-6-16(26-17)12-4-5-14-15(10-12)25-9-8-24-14/h4-7,10,13H,2-3,8-9,11H2,1H3,(H,20,21)(H,22,23). The van der Waals surface area contributed by atoms with Crippen LogP contribution in [0.1, 0.15) is 29.4 Å². The smallest absolute Gasteiger partial charge is 0.308 e. The molecule has 138 valence electrons. The molecule has 0 spiro atoms. The molecule has 0 fully saturated rings. The largest absolute Gasteiger partial charge is 0.486 e. The average Bonchev–Trinajstić information content (AvgIpc) is 3.14. The Morgan fingerprint density at radius 2 is 1.96 bits per heavy atom. The Balaban J connectivity index is 1.67. The minimum Gasteiger partial charge on any atom is -0.486 e. The summed E-state index contributed by atoms with van der Waals surface area (Å²) in [4.78, 5) is 25.0. The minimum atomic E-state index is -0.879. The first kappa shape index (κ1) is 18.3. The number of aliphatic carboxylic acids is 1. The number of amides is 1. The number of benzene rings is 1. The van der Waals surface area contributed by atoms with Crippen LogP contribution in [0.25, 0.3) is 10.4 Å². The number of hydrogen-bond donors (Lipinski definition) is 2. The molecule has 1 amide bonds. The Labute approximate surface area is 155 Å². The number of nitrogens with one attached hydrogen (secondary N) is 1.